The lowest BCUT2D eigenvalue weighted by Crippen LogP contribution is -2.10. The predicted molar refractivity (Wildman–Crippen MR) is 83.0 cm³/mol. The zero-order chi connectivity index (χ0) is 14.5. The van der Waals surface area contributed by atoms with E-state index in [1.165, 1.54) is 4.88 Å². The quantitative estimate of drug-likeness (QED) is 0.885. The SMILES string of the molecule is CCNCc1cnc(-c2cc(Cl)c(OC)c(OC)c2)s1. The second-order valence-electron chi connectivity index (χ2n) is 4.11. The smallest absolute Gasteiger partial charge is 0.179 e. The molecule has 6 heteroatoms. The van der Waals surface area contributed by atoms with E-state index in [0.717, 1.165) is 23.7 Å². The molecular formula is C14H17ClN2O2S. The second kappa shape index (κ2) is 6.92. The molecule has 0 aliphatic heterocycles. The number of hydrogen-bond acceptors (Lipinski definition) is 5. The molecule has 0 aliphatic rings. The van der Waals surface area contributed by atoms with Crippen LogP contribution in [0.5, 0.6) is 11.5 Å². The molecule has 4 nitrogen and oxygen atoms in total. The molecule has 0 saturated heterocycles. The first-order valence-corrected chi connectivity index (χ1v) is 7.46. The van der Waals surface area contributed by atoms with Crippen molar-refractivity contribution in [3.8, 4) is 22.1 Å². The normalized spacial score (nSPS) is 10.6. The van der Waals surface area contributed by atoms with Gasteiger partial charge in [0.05, 0.1) is 19.2 Å². The van der Waals surface area contributed by atoms with Crippen LogP contribution in [0.3, 0.4) is 0 Å². The van der Waals surface area contributed by atoms with Crippen LogP contribution < -0.4 is 14.8 Å². The summed E-state index contributed by atoms with van der Waals surface area (Å²) in [5, 5.41) is 4.72. The van der Waals surface area contributed by atoms with Crippen LogP contribution in [-0.2, 0) is 6.54 Å². The van der Waals surface area contributed by atoms with Gasteiger partial charge in [-0.3, -0.25) is 0 Å². The zero-order valence-electron chi connectivity index (χ0n) is 11.7. The van der Waals surface area contributed by atoms with Crippen molar-refractivity contribution in [1.29, 1.82) is 0 Å². The van der Waals surface area contributed by atoms with E-state index in [-0.39, 0.29) is 0 Å². The van der Waals surface area contributed by atoms with Crippen molar-refractivity contribution in [2.45, 2.75) is 13.5 Å². The number of ether oxygens (including phenoxy) is 2. The molecule has 0 radical (unpaired) electrons. The summed E-state index contributed by atoms with van der Waals surface area (Å²) >= 11 is 7.85. The van der Waals surface area contributed by atoms with E-state index < -0.39 is 0 Å². The monoisotopic (exact) mass is 312 g/mol. The zero-order valence-corrected chi connectivity index (χ0v) is 13.3. The van der Waals surface area contributed by atoms with Crippen LogP contribution in [0.2, 0.25) is 5.02 Å². The maximum atomic E-state index is 6.21. The number of thiazole rings is 1. The molecule has 1 N–H and O–H groups in total. The van der Waals surface area contributed by atoms with Crippen molar-refractivity contribution in [3.05, 3.63) is 28.2 Å². The summed E-state index contributed by atoms with van der Waals surface area (Å²) in [6, 6.07) is 3.74. The summed E-state index contributed by atoms with van der Waals surface area (Å²) in [6.45, 7) is 3.85. The van der Waals surface area contributed by atoms with Crippen LogP contribution in [0.15, 0.2) is 18.3 Å². The highest BCUT2D eigenvalue weighted by molar-refractivity contribution is 7.15. The van der Waals surface area contributed by atoms with Crippen molar-refractivity contribution in [3.63, 3.8) is 0 Å². The molecule has 108 valence electrons. The Bertz CT molecular complexity index is 587. The standard InChI is InChI=1S/C14H17ClN2O2S/c1-4-16-7-10-8-17-14(20-10)9-5-11(15)13(19-3)12(6-9)18-2/h5-6,8,16H,4,7H2,1-3H3. The first kappa shape index (κ1) is 15.1. The molecule has 2 rings (SSSR count). The van der Waals surface area contributed by atoms with Crippen molar-refractivity contribution >= 4 is 22.9 Å². The van der Waals surface area contributed by atoms with Gasteiger partial charge in [0.25, 0.3) is 0 Å². The Balaban J connectivity index is 2.32. The summed E-state index contributed by atoms with van der Waals surface area (Å²) in [5.74, 6) is 1.15. The molecule has 0 spiro atoms. The lowest BCUT2D eigenvalue weighted by Gasteiger charge is -2.10. The van der Waals surface area contributed by atoms with Crippen molar-refractivity contribution in [2.75, 3.05) is 20.8 Å². The fourth-order valence-corrected chi connectivity index (χ4v) is 2.97. The largest absolute Gasteiger partial charge is 0.493 e. The fourth-order valence-electron chi connectivity index (χ4n) is 1.81. The van der Waals surface area contributed by atoms with Crippen LogP contribution in [0.1, 0.15) is 11.8 Å². The number of rotatable bonds is 6. The van der Waals surface area contributed by atoms with Crippen LogP contribution in [-0.4, -0.2) is 25.7 Å². The maximum absolute atomic E-state index is 6.21. The number of methoxy groups -OCH3 is 2. The number of benzene rings is 1. The van der Waals surface area contributed by atoms with Gasteiger partial charge in [-0.15, -0.1) is 11.3 Å². The molecule has 0 amide bonds. The van der Waals surface area contributed by atoms with Gasteiger partial charge in [-0.2, -0.15) is 0 Å². The van der Waals surface area contributed by atoms with Gasteiger partial charge in [0.2, 0.25) is 0 Å². The molecule has 0 atom stereocenters. The predicted octanol–water partition coefficient (Wildman–Crippen LogP) is 3.59. The number of halogens is 1. The lowest BCUT2D eigenvalue weighted by molar-refractivity contribution is 0.355. The second-order valence-corrected chi connectivity index (χ2v) is 5.63. The highest BCUT2D eigenvalue weighted by Gasteiger charge is 2.13. The van der Waals surface area contributed by atoms with Gasteiger partial charge in [-0.25, -0.2) is 4.98 Å². The van der Waals surface area contributed by atoms with Crippen LogP contribution in [0, 0.1) is 0 Å². The maximum Gasteiger partial charge on any atom is 0.179 e. The lowest BCUT2D eigenvalue weighted by atomic mass is 10.2. The van der Waals surface area contributed by atoms with E-state index >= 15 is 0 Å². The van der Waals surface area contributed by atoms with E-state index in [9.17, 15) is 0 Å². The summed E-state index contributed by atoms with van der Waals surface area (Å²) in [5.41, 5.74) is 0.931. The molecule has 0 saturated carbocycles. The molecule has 0 aliphatic carbocycles. The minimum Gasteiger partial charge on any atom is -0.493 e. The molecule has 0 fully saturated rings. The van der Waals surface area contributed by atoms with E-state index in [2.05, 4.69) is 17.2 Å². The first-order chi connectivity index (χ1) is 9.69. The van der Waals surface area contributed by atoms with Crippen LogP contribution in [0.4, 0.5) is 0 Å². The Morgan fingerprint density at radius 1 is 1.30 bits per heavy atom. The van der Waals surface area contributed by atoms with E-state index in [4.69, 9.17) is 21.1 Å². The van der Waals surface area contributed by atoms with Gasteiger partial charge >= 0.3 is 0 Å². The molecule has 1 heterocycles. The summed E-state index contributed by atoms with van der Waals surface area (Å²) < 4.78 is 10.5. The third-order valence-electron chi connectivity index (χ3n) is 2.78. The van der Waals surface area contributed by atoms with Crippen molar-refractivity contribution in [2.24, 2.45) is 0 Å². The highest BCUT2D eigenvalue weighted by Crippen LogP contribution is 2.40. The van der Waals surface area contributed by atoms with Gasteiger partial charge < -0.3 is 14.8 Å². The van der Waals surface area contributed by atoms with Gasteiger partial charge in [0.1, 0.15) is 5.01 Å². The van der Waals surface area contributed by atoms with Crippen LogP contribution in [0.25, 0.3) is 10.6 Å². The first-order valence-electron chi connectivity index (χ1n) is 6.26. The molecule has 20 heavy (non-hydrogen) atoms. The van der Waals surface area contributed by atoms with Gasteiger partial charge in [-0.05, 0) is 18.7 Å². The average molecular weight is 313 g/mol. The summed E-state index contributed by atoms with van der Waals surface area (Å²) in [7, 11) is 3.16. The minimum atomic E-state index is 0.519. The third-order valence-corrected chi connectivity index (χ3v) is 4.11. The van der Waals surface area contributed by atoms with E-state index in [0.29, 0.717) is 16.5 Å². The summed E-state index contributed by atoms with van der Waals surface area (Å²) in [6.07, 6.45) is 1.88. The van der Waals surface area contributed by atoms with Gasteiger partial charge in [0.15, 0.2) is 11.5 Å². The Hall–Kier alpha value is -1.30. The number of aromatic nitrogens is 1. The molecular weight excluding hydrogens is 296 g/mol. The Morgan fingerprint density at radius 3 is 2.75 bits per heavy atom. The highest BCUT2D eigenvalue weighted by atomic mass is 35.5. The van der Waals surface area contributed by atoms with E-state index in [1.807, 2.05) is 18.3 Å². The third kappa shape index (κ3) is 3.23. The number of nitrogens with one attached hydrogen (secondary N) is 1. The average Bonchev–Trinajstić information content (AvgIpc) is 2.93. The molecule has 0 unspecified atom stereocenters. The van der Waals surface area contributed by atoms with Crippen molar-refractivity contribution < 1.29 is 9.47 Å². The summed E-state index contributed by atoms with van der Waals surface area (Å²) in [4.78, 5) is 5.62. The topological polar surface area (TPSA) is 43.4 Å². The van der Waals surface area contributed by atoms with Gasteiger partial charge in [0, 0.05) is 23.2 Å². The number of nitrogens with zero attached hydrogens (tertiary/aromatic N) is 1. The fraction of sp³-hybridized carbons (Fsp3) is 0.357. The minimum absolute atomic E-state index is 0.519. The van der Waals surface area contributed by atoms with Gasteiger partial charge in [-0.1, -0.05) is 18.5 Å². The molecule has 1 aromatic carbocycles. The Labute approximate surface area is 127 Å². The number of hydrogen-bond donors (Lipinski definition) is 1. The van der Waals surface area contributed by atoms with E-state index in [1.54, 1.807) is 25.6 Å². The molecule has 2 aromatic rings. The Kier molecular flexibility index (Phi) is 5.23. The molecule has 1 aromatic heterocycles. The molecule has 0 bridgehead atoms. The van der Waals surface area contributed by atoms with Crippen molar-refractivity contribution in [1.82, 2.24) is 10.3 Å². The Morgan fingerprint density at radius 2 is 2.10 bits per heavy atom. The van der Waals surface area contributed by atoms with Crippen LogP contribution >= 0.6 is 22.9 Å².